The van der Waals surface area contributed by atoms with Gasteiger partial charge in [0.2, 0.25) is 5.75 Å². The van der Waals surface area contributed by atoms with Crippen LogP contribution in [0.15, 0.2) is 36.4 Å². The molecule has 5 heteroatoms. The summed E-state index contributed by atoms with van der Waals surface area (Å²) in [7, 11) is 4.58. The molecule has 0 fully saturated rings. The van der Waals surface area contributed by atoms with Gasteiger partial charge in [0.15, 0.2) is 11.5 Å². The van der Waals surface area contributed by atoms with Gasteiger partial charge in [-0.3, -0.25) is 4.79 Å². The van der Waals surface area contributed by atoms with Gasteiger partial charge < -0.3 is 19.5 Å². The fraction of sp³-hybridized carbons (Fsp3) is 0.350. The van der Waals surface area contributed by atoms with E-state index < -0.39 is 0 Å². The molecule has 0 aliphatic carbocycles. The molecule has 0 heterocycles. The van der Waals surface area contributed by atoms with Gasteiger partial charge in [-0.25, -0.2) is 0 Å². The van der Waals surface area contributed by atoms with E-state index >= 15 is 0 Å². The van der Waals surface area contributed by atoms with Gasteiger partial charge in [0, 0.05) is 11.3 Å². The van der Waals surface area contributed by atoms with E-state index in [2.05, 4.69) is 19.2 Å². The molecule has 134 valence electrons. The predicted octanol–water partition coefficient (Wildman–Crippen LogP) is 4.48. The molecule has 0 saturated heterocycles. The van der Waals surface area contributed by atoms with Crippen molar-refractivity contribution in [2.24, 2.45) is 0 Å². The molecular weight excluding hydrogens is 318 g/mol. The van der Waals surface area contributed by atoms with Crippen molar-refractivity contribution in [3.63, 3.8) is 0 Å². The second-order valence-electron chi connectivity index (χ2n) is 5.76. The molecule has 1 amide bonds. The summed E-state index contributed by atoms with van der Waals surface area (Å²) in [5, 5.41) is 2.99. The Bertz CT molecular complexity index is 717. The first-order valence-corrected chi connectivity index (χ1v) is 8.25. The maximum atomic E-state index is 12.8. The molecule has 0 bridgehead atoms. The minimum Gasteiger partial charge on any atom is -0.493 e. The Morgan fingerprint density at radius 3 is 2.16 bits per heavy atom. The van der Waals surface area contributed by atoms with Crippen LogP contribution in [0.5, 0.6) is 17.2 Å². The van der Waals surface area contributed by atoms with Crippen LogP contribution >= 0.6 is 0 Å². The smallest absolute Gasteiger partial charge is 0.255 e. The average molecular weight is 343 g/mol. The predicted molar refractivity (Wildman–Crippen MR) is 99.2 cm³/mol. The zero-order valence-corrected chi connectivity index (χ0v) is 15.4. The summed E-state index contributed by atoms with van der Waals surface area (Å²) in [6.45, 7) is 4.27. The van der Waals surface area contributed by atoms with Crippen LogP contribution in [-0.2, 0) is 0 Å². The monoisotopic (exact) mass is 343 g/mol. The lowest BCUT2D eigenvalue weighted by Crippen LogP contribution is -2.14. The van der Waals surface area contributed by atoms with Crippen LogP contribution in [0.4, 0.5) is 5.69 Å². The summed E-state index contributed by atoms with van der Waals surface area (Å²) < 4.78 is 15.9. The van der Waals surface area contributed by atoms with E-state index in [1.54, 1.807) is 12.1 Å². The fourth-order valence-electron chi connectivity index (χ4n) is 2.67. The topological polar surface area (TPSA) is 56.8 Å². The molecule has 0 aromatic heterocycles. The van der Waals surface area contributed by atoms with E-state index in [9.17, 15) is 4.79 Å². The van der Waals surface area contributed by atoms with Gasteiger partial charge in [-0.15, -0.1) is 0 Å². The van der Waals surface area contributed by atoms with E-state index in [-0.39, 0.29) is 5.91 Å². The molecule has 0 aliphatic heterocycles. The summed E-state index contributed by atoms with van der Waals surface area (Å²) in [6, 6.07) is 11.1. The summed E-state index contributed by atoms with van der Waals surface area (Å²) in [5.41, 5.74) is 2.37. The number of methoxy groups -OCH3 is 3. The van der Waals surface area contributed by atoms with Crippen molar-refractivity contribution in [3.05, 3.63) is 47.5 Å². The van der Waals surface area contributed by atoms with Crippen molar-refractivity contribution in [2.75, 3.05) is 26.6 Å². The Kier molecular flexibility index (Phi) is 6.28. The molecule has 0 spiro atoms. The molecule has 1 atom stereocenters. The molecule has 5 nitrogen and oxygen atoms in total. The number of nitrogens with one attached hydrogen (secondary N) is 1. The summed E-state index contributed by atoms with van der Waals surface area (Å²) in [5.74, 6) is 1.48. The zero-order chi connectivity index (χ0) is 18.4. The van der Waals surface area contributed by atoms with Crippen molar-refractivity contribution in [2.45, 2.75) is 26.2 Å². The van der Waals surface area contributed by atoms with Crippen LogP contribution in [0.25, 0.3) is 0 Å². The molecule has 2 aromatic rings. The highest BCUT2D eigenvalue weighted by atomic mass is 16.5. The van der Waals surface area contributed by atoms with Gasteiger partial charge in [0.05, 0.1) is 21.3 Å². The minimum atomic E-state index is -0.227. The SMILES string of the molecule is CC[C@H](C)c1ccccc1NC(=O)c1cc(OC)c(OC)c(OC)c1. The number of para-hydroxylation sites is 1. The highest BCUT2D eigenvalue weighted by molar-refractivity contribution is 6.05. The first-order valence-electron chi connectivity index (χ1n) is 8.25. The third kappa shape index (κ3) is 4.05. The number of hydrogen-bond donors (Lipinski definition) is 1. The van der Waals surface area contributed by atoms with Gasteiger partial charge >= 0.3 is 0 Å². The van der Waals surface area contributed by atoms with Crippen molar-refractivity contribution in [1.29, 1.82) is 0 Å². The van der Waals surface area contributed by atoms with Crippen LogP contribution in [0, 0.1) is 0 Å². The molecule has 0 saturated carbocycles. The van der Waals surface area contributed by atoms with Gasteiger partial charge in [-0.05, 0) is 36.1 Å². The van der Waals surface area contributed by atoms with Crippen LogP contribution in [-0.4, -0.2) is 27.2 Å². The molecular formula is C20H25NO4. The number of hydrogen-bond acceptors (Lipinski definition) is 4. The third-order valence-electron chi connectivity index (χ3n) is 4.28. The van der Waals surface area contributed by atoms with E-state index in [0.717, 1.165) is 17.7 Å². The fourth-order valence-corrected chi connectivity index (χ4v) is 2.67. The third-order valence-corrected chi connectivity index (χ3v) is 4.28. The van der Waals surface area contributed by atoms with E-state index in [4.69, 9.17) is 14.2 Å². The van der Waals surface area contributed by atoms with Crippen LogP contribution < -0.4 is 19.5 Å². The molecule has 0 radical (unpaired) electrons. The minimum absolute atomic E-state index is 0.227. The highest BCUT2D eigenvalue weighted by Crippen LogP contribution is 2.38. The van der Waals surface area contributed by atoms with Crippen LogP contribution in [0.3, 0.4) is 0 Å². The Labute approximate surface area is 148 Å². The van der Waals surface area contributed by atoms with E-state index in [1.165, 1.54) is 21.3 Å². The Morgan fingerprint density at radius 1 is 1.04 bits per heavy atom. The maximum Gasteiger partial charge on any atom is 0.255 e. The van der Waals surface area contributed by atoms with Crippen molar-refractivity contribution < 1.29 is 19.0 Å². The number of benzene rings is 2. The summed E-state index contributed by atoms with van der Waals surface area (Å²) >= 11 is 0. The molecule has 0 unspecified atom stereocenters. The molecule has 2 aromatic carbocycles. The van der Waals surface area contributed by atoms with Gasteiger partial charge in [-0.1, -0.05) is 32.0 Å². The van der Waals surface area contributed by atoms with Crippen molar-refractivity contribution in [3.8, 4) is 17.2 Å². The van der Waals surface area contributed by atoms with E-state index in [0.29, 0.717) is 28.7 Å². The second-order valence-corrected chi connectivity index (χ2v) is 5.76. The number of rotatable bonds is 7. The first kappa shape index (κ1) is 18.6. The lowest BCUT2D eigenvalue weighted by atomic mass is 9.96. The van der Waals surface area contributed by atoms with E-state index in [1.807, 2.05) is 24.3 Å². The second kappa shape index (κ2) is 8.42. The molecule has 2 rings (SSSR count). The number of ether oxygens (including phenoxy) is 3. The number of carbonyl (C=O) groups is 1. The van der Waals surface area contributed by atoms with Crippen LogP contribution in [0.2, 0.25) is 0 Å². The number of anilines is 1. The average Bonchev–Trinajstić information content (AvgIpc) is 2.66. The standard InChI is InChI=1S/C20H25NO4/c1-6-13(2)15-9-7-8-10-16(15)21-20(22)14-11-17(23-3)19(25-5)18(12-14)24-4/h7-13H,6H2,1-5H3,(H,21,22)/t13-/m0/s1. The first-order chi connectivity index (χ1) is 12.0. The summed E-state index contributed by atoms with van der Waals surface area (Å²) in [4.78, 5) is 12.8. The number of amides is 1. The normalized spacial score (nSPS) is 11.6. The Hall–Kier alpha value is -2.69. The van der Waals surface area contributed by atoms with Gasteiger partial charge in [0.1, 0.15) is 0 Å². The Morgan fingerprint density at radius 2 is 1.64 bits per heavy atom. The summed E-state index contributed by atoms with van der Waals surface area (Å²) in [6.07, 6.45) is 0.997. The quantitative estimate of drug-likeness (QED) is 0.805. The van der Waals surface area contributed by atoms with Gasteiger partial charge in [0.25, 0.3) is 5.91 Å². The molecule has 25 heavy (non-hydrogen) atoms. The van der Waals surface area contributed by atoms with Crippen LogP contribution in [0.1, 0.15) is 42.1 Å². The molecule has 1 N–H and O–H groups in total. The van der Waals surface area contributed by atoms with Gasteiger partial charge in [-0.2, -0.15) is 0 Å². The zero-order valence-electron chi connectivity index (χ0n) is 15.4. The van der Waals surface area contributed by atoms with Crippen molar-refractivity contribution in [1.82, 2.24) is 0 Å². The lowest BCUT2D eigenvalue weighted by molar-refractivity contribution is 0.102. The van der Waals surface area contributed by atoms with Crippen molar-refractivity contribution >= 4 is 11.6 Å². The number of carbonyl (C=O) groups excluding carboxylic acids is 1. The molecule has 0 aliphatic rings. The highest BCUT2D eigenvalue weighted by Gasteiger charge is 2.18. The maximum absolute atomic E-state index is 12.8. The lowest BCUT2D eigenvalue weighted by Gasteiger charge is -2.17. The largest absolute Gasteiger partial charge is 0.493 e. The Balaban J connectivity index is 2.36.